The zero-order valence-corrected chi connectivity index (χ0v) is 17.0. The molecular formula is C24H21N3S. The molecule has 0 N–H and O–H groups in total. The predicted molar refractivity (Wildman–Crippen MR) is 118 cm³/mol. The maximum absolute atomic E-state index is 4.71. The topological polar surface area (TPSA) is 30.7 Å². The summed E-state index contributed by atoms with van der Waals surface area (Å²) >= 11 is 1.58. The molecule has 0 fully saturated rings. The van der Waals surface area contributed by atoms with Gasteiger partial charge in [0.25, 0.3) is 0 Å². The van der Waals surface area contributed by atoms with Gasteiger partial charge in [0.15, 0.2) is 0 Å². The highest BCUT2D eigenvalue weighted by atomic mass is 32.1. The molecule has 2 heterocycles. The van der Waals surface area contributed by atoms with Crippen LogP contribution in [0.25, 0.3) is 37.9 Å². The fraction of sp³-hybridized carbons (Fsp3) is 0.167. The lowest BCUT2D eigenvalue weighted by Crippen LogP contribution is -2.11. The number of hydrogen-bond donors (Lipinski definition) is 0. The van der Waals surface area contributed by atoms with Gasteiger partial charge in [-0.25, -0.2) is 4.98 Å². The van der Waals surface area contributed by atoms with Crippen LogP contribution in [0.15, 0.2) is 73.1 Å². The molecule has 0 aliphatic heterocycles. The number of rotatable bonds is 2. The Kier molecular flexibility index (Phi) is 3.84. The van der Waals surface area contributed by atoms with E-state index in [1.807, 2.05) is 24.5 Å². The van der Waals surface area contributed by atoms with Gasteiger partial charge in [-0.1, -0.05) is 51.1 Å². The summed E-state index contributed by atoms with van der Waals surface area (Å²) in [4.78, 5) is 4.64. The molecule has 4 heteroatoms. The van der Waals surface area contributed by atoms with Crippen LogP contribution in [0.1, 0.15) is 26.5 Å². The first kappa shape index (κ1) is 17.1. The van der Waals surface area contributed by atoms with Gasteiger partial charge in [0.1, 0.15) is 6.33 Å². The van der Waals surface area contributed by atoms with Crippen LogP contribution < -0.4 is 0 Å². The molecule has 0 aliphatic rings. The molecule has 5 rings (SSSR count). The monoisotopic (exact) mass is 383 g/mol. The molecule has 0 aliphatic carbocycles. The van der Waals surface area contributed by atoms with Gasteiger partial charge in [-0.15, -0.1) is 0 Å². The Morgan fingerprint density at radius 3 is 2.39 bits per heavy atom. The largest absolute Gasteiger partial charge is 0.299 e. The van der Waals surface area contributed by atoms with Crippen molar-refractivity contribution in [1.82, 2.24) is 13.9 Å². The molecule has 0 saturated heterocycles. The number of aromatic nitrogens is 3. The van der Waals surface area contributed by atoms with Gasteiger partial charge < -0.3 is 0 Å². The van der Waals surface area contributed by atoms with Crippen molar-refractivity contribution in [2.45, 2.75) is 26.2 Å². The van der Waals surface area contributed by atoms with Crippen LogP contribution in [-0.2, 0) is 5.41 Å². The minimum Gasteiger partial charge on any atom is -0.299 e. The first-order valence-corrected chi connectivity index (χ1v) is 10.2. The van der Waals surface area contributed by atoms with E-state index in [0.717, 1.165) is 16.7 Å². The van der Waals surface area contributed by atoms with Gasteiger partial charge in [0.2, 0.25) is 0 Å². The average molecular weight is 384 g/mol. The zero-order valence-electron chi connectivity index (χ0n) is 16.2. The van der Waals surface area contributed by atoms with E-state index in [1.54, 1.807) is 11.5 Å². The smallest absolute Gasteiger partial charge is 0.100 e. The van der Waals surface area contributed by atoms with Crippen LogP contribution in [-0.4, -0.2) is 13.9 Å². The number of para-hydroxylation sites is 1. The van der Waals surface area contributed by atoms with Crippen LogP contribution >= 0.6 is 11.5 Å². The van der Waals surface area contributed by atoms with Crippen molar-refractivity contribution in [3.05, 3.63) is 78.8 Å². The van der Waals surface area contributed by atoms with Crippen molar-refractivity contribution < 1.29 is 0 Å². The van der Waals surface area contributed by atoms with Crippen LogP contribution in [0.2, 0.25) is 0 Å². The summed E-state index contributed by atoms with van der Waals surface area (Å²) in [5.74, 6) is 0. The second-order valence-electron chi connectivity index (χ2n) is 8.15. The van der Waals surface area contributed by atoms with Crippen molar-refractivity contribution in [2.24, 2.45) is 0 Å². The maximum atomic E-state index is 4.71. The summed E-state index contributed by atoms with van der Waals surface area (Å²) in [5, 5.41) is 1.25. The number of benzene rings is 3. The molecular weight excluding hydrogens is 362 g/mol. The molecule has 0 unspecified atom stereocenters. The molecule has 5 aromatic rings. The van der Waals surface area contributed by atoms with Crippen LogP contribution in [0, 0.1) is 0 Å². The fourth-order valence-electron chi connectivity index (χ4n) is 3.65. The van der Waals surface area contributed by atoms with Crippen molar-refractivity contribution in [2.75, 3.05) is 0 Å². The number of imidazole rings is 1. The van der Waals surface area contributed by atoms with Crippen LogP contribution in [0.4, 0.5) is 0 Å². The summed E-state index contributed by atoms with van der Waals surface area (Å²) in [6.07, 6.45) is 1.90. The number of fused-ring (bicyclic) bond motifs is 2. The second kappa shape index (κ2) is 6.28. The van der Waals surface area contributed by atoms with E-state index in [1.165, 1.54) is 26.9 Å². The third-order valence-corrected chi connectivity index (χ3v) is 5.92. The first-order valence-electron chi connectivity index (χ1n) is 9.43. The lowest BCUT2D eigenvalue weighted by atomic mass is 9.89. The predicted octanol–water partition coefficient (Wildman–Crippen LogP) is 6.60. The summed E-state index contributed by atoms with van der Waals surface area (Å²) in [7, 11) is 0. The Balaban J connectivity index is 1.62. The highest BCUT2D eigenvalue weighted by Crippen LogP contribution is 2.35. The Morgan fingerprint density at radius 2 is 1.61 bits per heavy atom. The van der Waals surface area contributed by atoms with Crippen molar-refractivity contribution >= 4 is 32.7 Å². The maximum Gasteiger partial charge on any atom is 0.100 e. The van der Waals surface area contributed by atoms with Crippen molar-refractivity contribution in [3.8, 4) is 16.8 Å². The minimum absolute atomic E-state index is 0.0370. The molecule has 2 aromatic heterocycles. The molecule has 0 saturated carbocycles. The molecule has 138 valence electrons. The summed E-state index contributed by atoms with van der Waals surface area (Å²) in [5.41, 5.74) is 6.83. The van der Waals surface area contributed by atoms with E-state index in [2.05, 4.69) is 78.9 Å². The van der Waals surface area contributed by atoms with Crippen molar-refractivity contribution in [1.29, 1.82) is 0 Å². The van der Waals surface area contributed by atoms with Crippen LogP contribution in [0.5, 0.6) is 0 Å². The molecule has 0 atom stereocenters. The van der Waals surface area contributed by atoms with E-state index in [9.17, 15) is 0 Å². The molecule has 0 amide bonds. The highest BCUT2D eigenvalue weighted by Gasteiger charge is 2.20. The summed E-state index contributed by atoms with van der Waals surface area (Å²) in [6.45, 7) is 6.66. The summed E-state index contributed by atoms with van der Waals surface area (Å²) < 4.78 is 8.08. The number of nitrogens with zero attached hydrogens (tertiary/aromatic N) is 3. The highest BCUT2D eigenvalue weighted by molar-refractivity contribution is 7.13. The standard InChI is InChI=1S/C24H21N3S/c1-24(2,3)23-19-13-16(10-12-22(19)28-26-23)17-9-11-21-20(14-17)25-15-27(21)18-7-5-4-6-8-18/h4-15H,1-3H3. The SMILES string of the molecule is CC(C)(C)c1nsc2ccc(-c3ccc4c(c3)ncn4-c3ccccc3)cc12. The average Bonchev–Trinajstić information content (AvgIpc) is 3.31. The first-order chi connectivity index (χ1) is 13.5. The van der Waals surface area contributed by atoms with Gasteiger partial charge in [-0.3, -0.25) is 4.57 Å². The lowest BCUT2D eigenvalue weighted by molar-refractivity contribution is 0.581. The van der Waals surface area contributed by atoms with E-state index in [-0.39, 0.29) is 5.41 Å². The number of hydrogen-bond acceptors (Lipinski definition) is 3. The molecule has 3 aromatic carbocycles. The van der Waals surface area contributed by atoms with Gasteiger partial charge in [-0.05, 0) is 59.1 Å². The Bertz CT molecular complexity index is 1290. The van der Waals surface area contributed by atoms with Gasteiger partial charge in [0, 0.05) is 16.5 Å². The molecule has 0 bridgehead atoms. The normalized spacial score (nSPS) is 12.1. The van der Waals surface area contributed by atoms with E-state index >= 15 is 0 Å². The molecule has 3 nitrogen and oxygen atoms in total. The Labute approximate surface area is 168 Å². The zero-order chi connectivity index (χ0) is 19.3. The van der Waals surface area contributed by atoms with Crippen LogP contribution in [0.3, 0.4) is 0 Å². The fourth-order valence-corrected chi connectivity index (χ4v) is 4.59. The Hall–Kier alpha value is -2.98. The van der Waals surface area contributed by atoms with E-state index in [4.69, 9.17) is 4.37 Å². The van der Waals surface area contributed by atoms with Gasteiger partial charge >= 0.3 is 0 Å². The molecule has 0 spiro atoms. The van der Waals surface area contributed by atoms with Gasteiger partial charge in [0.05, 0.1) is 21.4 Å². The second-order valence-corrected chi connectivity index (χ2v) is 8.95. The quantitative estimate of drug-likeness (QED) is 0.344. The third kappa shape index (κ3) is 2.81. The van der Waals surface area contributed by atoms with Crippen molar-refractivity contribution in [3.63, 3.8) is 0 Å². The summed E-state index contributed by atoms with van der Waals surface area (Å²) in [6, 6.07) is 23.5. The molecule has 0 radical (unpaired) electrons. The minimum atomic E-state index is 0.0370. The van der Waals surface area contributed by atoms with E-state index < -0.39 is 0 Å². The van der Waals surface area contributed by atoms with Gasteiger partial charge in [-0.2, -0.15) is 4.37 Å². The third-order valence-electron chi connectivity index (χ3n) is 5.10. The lowest BCUT2D eigenvalue weighted by Gasteiger charge is -2.16. The molecule has 28 heavy (non-hydrogen) atoms. The van der Waals surface area contributed by atoms with E-state index in [0.29, 0.717) is 0 Å². The Morgan fingerprint density at radius 1 is 0.857 bits per heavy atom.